The molecule has 4 aromatic rings. The van der Waals surface area contributed by atoms with Gasteiger partial charge in [-0.1, -0.05) is 19.1 Å². The smallest absolute Gasteiger partial charge is 0.157 e. The van der Waals surface area contributed by atoms with Gasteiger partial charge in [-0.05, 0) is 35.4 Å². The first-order chi connectivity index (χ1) is 20.8. The van der Waals surface area contributed by atoms with E-state index in [-0.39, 0.29) is 69.6 Å². The molecule has 12 nitrogen and oxygen atoms in total. The fourth-order valence-electron chi connectivity index (χ4n) is 6.08. The van der Waals surface area contributed by atoms with Gasteiger partial charge in [0.15, 0.2) is 23.0 Å². The van der Waals surface area contributed by atoms with E-state index in [9.17, 15) is 51.1 Å². The van der Waals surface area contributed by atoms with Crippen LogP contribution in [0.4, 0.5) is 0 Å². The van der Waals surface area contributed by atoms with Crippen molar-refractivity contribution in [2.24, 2.45) is 0 Å². The number of hydrogen-bond acceptors (Lipinski definition) is 12. The quantitative estimate of drug-likeness (QED) is 0.151. The molecule has 4 atom stereocenters. The zero-order chi connectivity index (χ0) is 31.6. The van der Waals surface area contributed by atoms with Crippen molar-refractivity contribution in [3.8, 4) is 57.5 Å². The third-order valence-corrected chi connectivity index (χ3v) is 8.29. The minimum atomic E-state index is -1.19. The predicted molar refractivity (Wildman–Crippen MR) is 153 cm³/mol. The van der Waals surface area contributed by atoms with Crippen LogP contribution in [0.15, 0.2) is 48.5 Å². The number of phenols is 8. The van der Waals surface area contributed by atoms with Gasteiger partial charge in [0.05, 0.1) is 12.2 Å². The number of phenolic OH excluding ortho intramolecular Hbond substituents is 8. The number of ether oxygens (including phenoxy) is 2. The molecule has 0 aromatic heterocycles. The van der Waals surface area contributed by atoms with Crippen molar-refractivity contribution in [2.75, 3.05) is 0 Å². The van der Waals surface area contributed by atoms with E-state index in [4.69, 9.17) is 9.47 Å². The summed E-state index contributed by atoms with van der Waals surface area (Å²) in [5, 5.41) is 105. The number of aliphatic hydroxyl groups is 2. The molecule has 0 bridgehead atoms. The fraction of sp³-hybridized carbons (Fsp3) is 0.250. The predicted octanol–water partition coefficient (Wildman–Crippen LogP) is 3.56. The molecule has 230 valence electrons. The first kappa shape index (κ1) is 28.9. The van der Waals surface area contributed by atoms with Crippen LogP contribution in [0.5, 0.6) is 57.5 Å². The number of aliphatic hydroxyl groups excluding tert-OH is 2. The van der Waals surface area contributed by atoms with Gasteiger partial charge in [-0.2, -0.15) is 0 Å². The number of benzene rings is 4. The SMILES string of the molecule is CC(c1c(O)cc(O)c2c1OC(c1ccc(O)c(O)c1)C(O)C2)c1c(O)cc(O)c2c1OC(c1ccc(O)c(O)c1)C(O)C2. The van der Waals surface area contributed by atoms with E-state index in [0.717, 1.165) is 12.1 Å². The van der Waals surface area contributed by atoms with Gasteiger partial charge in [-0.3, -0.25) is 0 Å². The van der Waals surface area contributed by atoms with Crippen molar-refractivity contribution in [3.05, 3.63) is 81.9 Å². The zero-order valence-electron chi connectivity index (χ0n) is 23.2. The number of hydrogen-bond donors (Lipinski definition) is 10. The highest BCUT2D eigenvalue weighted by atomic mass is 16.5. The Hall–Kier alpha value is -5.20. The summed E-state index contributed by atoms with van der Waals surface area (Å²) in [5.41, 5.74) is 1.18. The highest BCUT2D eigenvalue weighted by Gasteiger charge is 2.40. The van der Waals surface area contributed by atoms with Crippen LogP contribution >= 0.6 is 0 Å². The number of fused-ring (bicyclic) bond motifs is 2. The van der Waals surface area contributed by atoms with Gasteiger partial charge in [-0.25, -0.2) is 0 Å². The normalized spacial score (nSPS) is 21.4. The van der Waals surface area contributed by atoms with Crippen LogP contribution in [-0.4, -0.2) is 63.3 Å². The van der Waals surface area contributed by atoms with Crippen molar-refractivity contribution in [1.82, 2.24) is 0 Å². The van der Waals surface area contributed by atoms with E-state index in [1.807, 2.05) is 0 Å². The summed E-state index contributed by atoms with van der Waals surface area (Å²) in [6, 6.07) is 9.98. The molecule has 0 spiro atoms. The summed E-state index contributed by atoms with van der Waals surface area (Å²) >= 11 is 0. The van der Waals surface area contributed by atoms with Crippen LogP contribution in [-0.2, 0) is 12.8 Å². The molecule has 0 radical (unpaired) electrons. The molecular weight excluding hydrogens is 576 g/mol. The molecule has 6 rings (SSSR count). The molecule has 4 aromatic carbocycles. The molecule has 0 fully saturated rings. The largest absolute Gasteiger partial charge is 0.507 e. The Morgan fingerprint density at radius 3 is 1.27 bits per heavy atom. The number of rotatable bonds is 4. The van der Waals surface area contributed by atoms with Crippen LogP contribution in [0.3, 0.4) is 0 Å². The van der Waals surface area contributed by atoms with Gasteiger partial charge < -0.3 is 60.5 Å². The summed E-state index contributed by atoms with van der Waals surface area (Å²) in [6.07, 6.45) is -4.76. The number of aromatic hydroxyl groups is 8. The standard InChI is InChI=1S/C32H30O12/c1-12(27-23(39)10-19(35)15-8-25(41)29(43-31(15)27)13-2-4-17(33)21(37)6-13)28-24(40)11-20(36)16-9-26(42)30(44-32(16)28)14-3-5-18(34)22(38)7-14/h2-7,10-12,25-26,29-30,33-42H,8-9H2,1H3. The third-order valence-electron chi connectivity index (χ3n) is 8.29. The van der Waals surface area contributed by atoms with Crippen LogP contribution in [0, 0.1) is 0 Å². The molecule has 4 unspecified atom stereocenters. The lowest BCUT2D eigenvalue weighted by atomic mass is 9.83. The molecule has 10 N–H and O–H groups in total. The Balaban J connectivity index is 1.47. The summed E-state index contributed by atoms with van der Waals surface area (Å²) < 4.78 is 12.3. The first-order valence-corrected chi connectivity index (χ1v) is 13.7. The Morgan fingerprint density at radius 2 is 0.909 bits per heavy atom. The second-order valence-corrected chi connectivity index (χ2v) is 11.1. The molecule has 12 heteroatoms. The molecule has 0 aliphatic carbocycles. The monoisotopic (exact) mass is 606 g/mol. The third kappa shape index (κ3) is 4.64. The Labute approximate surface area is 250 Å². The summed E-state index contributed by atoms with van der Waals surface area (Å²) in [4.78, 5) is 0. The van der Waals surface area contributed by atoms with Gasteiger partial charge >= 0.3 is 0 Å². The Morgan fingerprint density at radius 1 is 0.523 bits per heavy atom. The highest BCUT2D eigenvalue weighted by molar-refractivity contribution is 5.66. The second kappa shape index (κ2) is 10.5. The van der Waals surface area contributed by atoms with E-state index in [1.54, 1.807) is 6.92 Å². The lowest BCUT2D eigenvalue weighted by Crippen LogP contribution is -2.32. The Kier molecular flexibility index (Phi) is 6.90. The van der Waals surface area contributed by atoms with Crippen LogP contribution in [0.25, 0.3) is 0 Å². The maximum Gasteiger partial charge on any atom is 0.157 e. The van der Waals surface area contributed by atoms with Crippen molar-refractivity contribution in [2.45, 2.75) is 50.1 Å². The highest BCUT2D eigenvalue weighted by Crippen LogP contribution is 2.55. The van der Waals surface area contributed by atoms with Crippen molar-refractivity contribution >= 4 is 0 Å². The van der Waals surface area contributed by atoms with Gasteiger partial charge in [0.25, 0.3) is 0 Å². The van der Waals surface area contributed by atoms with Crippen LogP contribution in [0.2, 0.25) is 0 Å². The average Bonchev–Trinajstić information content (AvgIpc) is 2.96. The van der Waals surface area contributed by atoms with E-state index in [0.29, 0.717) is 11.1 Å². The first-order valence-electron chi connectivity index (χ1n) is 13.7. The van der Waals surface area contributed by atoms with Crippen molar-refractivity contribution in [3.63, 3.8) is 0 Å². The average molecular weight is 607 g/mol. The molecule has 2 aliphatic heterocycles. The summed E-state index contributed by atoms with van der Waals surface area (Å²) in [7, 11) is 0. The molecule has 0 saturated heterocycles. The van der Waals surface area contributed by atoms with E-state index >= 15 is 0 Å². The topological polar surface area (TPSA) is 221 Å². The molecule has 0 saturated carbocycles. The molecule has 44 heavy (non-hydrogen) atoms. The maximum atomic E-state index is 11.1. The van der Waals surface area contributed by atoms with Crippen molar-refractivity contribution < 1.29 is 60.5 Å². The van der Waals surface area contributed by atoms with E-state index in [1.165, 1.54) is 36.4 Å². The fourth-order valence-corrected chi connectivity index (χ4v) is 6.08. The van der Waals surface area contributed by atoms with Crippen molar-refractivity contribution in [1.29, 1.82) is 0 Å². The van der Waals surface area contributed by atoms with Crippen LogP contribution in [0.1, 0.15) is 58.4 Å². The Bertz CT molecular complexity index is 1660. The van der Waals surface area contributed by atoms with Crippen LogP contribution < -0.4 is 9.47 Å². The molecule has 0 amide bonds. The second-order valence-electron chi connectivity index (χ2n) is 11.1. The lowest BCUT2D eigenvalue weighted by molar-refractivity contribution is 0.0177. The van der Waals surface area contributed by atoms with Gasteiger partial charge in [0.2, 0.25) is 0 Å². The minimum absolute atomic E-state index is 0.00920. The minimum Gasteiger partial charge on any atom is -0.507 e. The molecule has 2 heterocycles. The van der Waals surface area contributed by atoms with E-state index in [2.05, 4.69) is 0 Å². The van der Waals surface area contributed by atoms with E-state index < -0.39 is 53.3 Å². The zero-order valence-corrected chi connectivity index (χ0v) is 23.2. The molecular formula is C32H30O12. The summed E-state index contributed by atoms with van der Waals surface area (Å²) in [6.45, 7) is 1.62. The van der Waals surface area contributed by atoms with Gasteiger partial charge in [0, 0.05) is 53.1 Å². The molecule has 2 aliphatic rings. The maximum absolute atomic E-state index is 11.1. The van der Waals surface area contributed by atoms with Gasteiger partial charge in [-0.15, -0.1) is 0 Å². The van der Waals surface area contributed by atoms with Gasteiger partial charge in [0.1, 0.15) is 46.7 Å². The lowest BCUT2D eigenvalue weighted by Gasteiger charge is -2.36. The summed E-state index contributed by atoms with van der Waals surface area (Å²) in [5.74, 6) is -4.04.